The van der Waals surface area contributed by atoms with E-state index >= 15 is 0 Å². The van der Waals surface area contributed by atoms with Crippen molar-refractivity contribution in [2.45, 2.75) is 45.4 Å². The smallest absolute Gasteiger partial charge is 0.226 e. The first-order valence-electron chi connectivity index (χ1n) is 7.26. The van der Waals surface area contributed by atoms with E-state index in [0.29, 0.717) is 30.2 Å². The maximum Gasteiger partial charge on any atom is 0.226 e. The summed E-state index contributed by atoms with van der Waals surface area (Å²) in [4.78, 5) is 14.7. The summed E-state index contributed by atoms with van der Waals surface area (Å²) in [7, 11) is 0. The lowest BCUT2D eigenvalue weighted by atomic mass is 9.96. The minimum Gasteiger partial charge on any atom is -0.342 e. The summed E-state index contributed by atoms with van der Waals surface area (Å²) >= 11 is 0. The third kappa shape index (κ3) is 3.44. The van der Waals surface area contributed by atoms with Gasteiger partial charge in [0.1, 0.15) is 0 Å². The van der Waals surface area contributed by atoms with Crippen LogP contribution in [0.1, 0.15) is 45.4 Å². The third-order valence-electron chi connectivity index (χ3n) is 3.98. The molecule has 0 aromatic rings. The first kappa shape index (κ1) is 12.9. The summed E-state index contributed by atoms with van der Waals surface area (Å²) in [5.74, 6) is 2.23. The van der Waals surface area contributed by atoms with Gasteiger partial charge in [-0.2, -0.15) is 0 Å². The lowest BCUT2D eigenvalue weighted by Crippen LogP contribution is -2.39. The number of hydrogen-bond acceptors (Lipinski definition) is 2. The Morgan fingerprint density at radius 2 is 1.82 bits per heavy atom. The topological polar surface area (TPSA) is 46.3 Å². The molecule has 0 unspecified atom stereocenters. The highest BCUT2D eigenvalue weighted by Gasteiger charge is 2.46. The van der Waals surface area contributed by atoms with Gasteiger partial charge in [0.25, 0.3) is 0 Å². The van der Waals surface area contributed by atoms with E-state index < -0.39 is 0 Å². The summed E-state index contributed by atoms with van der Waals surface area (Å²) in [5, 5.41) is 0. The summed E-state index contributed by atoms with van der Waals surface area (Å²) < 4.78 is 0. The SMILES string of the molecule is CCCN(CCCN)C(=O)C(C1CC1)C1CC1. The summed E-state index contributed by atoms with van der Waals surface area (Å²) in [5.41, 5.74) is 5.56. The van der Waals surface area contributed by atoms with Crippen LogP contribution >= 0.6 is 0 Å². The molecule has 2 rings (SSSR count). The molecular weight excluding hydrogens is 212 g/mol. The fourth-order valence-electron chi connectivity index (χ4n) is 2.79. The zero-order chi connectivity index (χ0) is 12.3. The van der Waals surface area contributed by atoms with Crippen LogP contribution in [0.5, 0.6) is 0 Å². The van der Waals surface area contributed by atoms with Gasteiger partial charge in [-0.05, 0) is 56.9 Å². The molecule has 98 valence electrons. The average Bonchev–Trinajstić information content (AvgIpc) is 3.16. The van der Waals surface area contributed by atoms with Gasteiger partial charge >= 0.3 is 0 Å². The van der Waals surface area contributed by atoms with Crippen LogP contribution in [0, 0.1) is 17.8 Å². The molecule has 2 aliphatic carbocycles. The fourth-order valence-corrected chi connectivity index (χ4v) is 2.79. The van der Waals surface area contributed by atoms with E-state index in [-0.39, 0.29) is 0 Å². The highest BCUT2D eigenvalue weighted by molar-refractivity contribution is 5.80. The van der Waals surface area contributed by atoms with Crippen LogP contribution in [0.15, 0.2) is 0 Å². The van der Waals surface area contributed by atoms with Crippen LogP contribution in [-0.4, -0.2) is 30.4 Å². The molecule has 1 amide bonds. The van der Waals surface area contributed by atoms with Crippen molar-refractivity contribution in [3.05, 3.63) is 0 Å². The Hall–Kier alpha value is -0.570. The van der Waals surface area contributed by atoms with Gasteiger partial charge < -0.3 is 10.6 Å². The molecule has 17 heavy (non-hydrogen) atoms. The van der Waals surface area contributed by atoms with Crippen molar-refractivity contribution in [2.24, 2.45) is 23.5 Å². The van der Waals surface area contributed by atoms with Crippen LogP contribution in [0.3, 0.4) is 0 Å². The van der Waals surface area contributed by atoms with Crippen molar-refractivity contribution in [1.82, 2.24) is 4.90 Å². The molecular formula is C14H26N2O. The Kier molecular flexibility index (Phi) is 4.43. The quantitative estimate of drug-likeness (QED) is 0.703. The molecule has 0 aromatic heterocycles. The zero-order valence-electron chi connectivity index (χ0n) is 11.0. The second-order valence-electron chi connectivity index (χ2n) is 5.67. The summed E-state index contributed by atoms with van der Waals surface area (Å²) in [6.45, 7) is 4.60. The molecule has 0 saturated heterocycles. The Labute approximate surface area is 105 Å². The fraction of sp³-hybridized carbons (Fsp3) is 0.929. The minimum atomic E-state index is 0.360. The van der Waals surface area contributed by atoms with Crippen LogP contribution < -0.4 is 5.73 Å². The largest absolute Gasteiger partial charge is 0.342 e. The number of rotatable bonds is 8. The molecule has 2 aliphatic rings. The Morgan fingerprint density at radius 3 is 2.24 bits per heavy atom. The van der Waals surface area contributed by atoms with Gasteiger partial charge in [-0.15, -0.1) is 0 Å². The van der Waals surface area contributed by atoms with E-state index in [2.05, 4.69) is 11.8 Å². The van der Waals surface area contributed by atoms with E-state index in [1.54, 1.807) is 0 Å². The molecule has 0 aliphatic heterocycles. The summed E-state index contributed by atoms with van der Waals surface area (Å²) in [6, 6.07) is 0. The Balaban J connectivity index is 1.92. The number of nitrogens with zero attached hydrogens (tertiary/aromatic N) is 1. The molecule has 0 heterocycles. The van der Waals surface area contributed by atoms with Crippen molar-refractivity contribution in [3.8, 4) is 0 Å². The van der Waals surface area contributed by atoms with Gasteiger partial charge in [0.15, 0.2) is 0 Å². The number of hydrogen-bond donors (Lipinski definition) is 1. The molecule has 2 N–H and O–H groups in total. The molecule has 0 aromatic carbocycles. The second kappa shape index (κ2) is 5.85. The molecule has 0 spiro atoms. The van der Waals surface area contributed by atoms with Crippen molar-refractivity contribution in [2.75, 3.05) is 19.6 Å². The molecule has 0 radical (unpaired) electrons. The van der Waals surface area contributed by atoms with Gasteiger partial charge in [0, 0.05) is 19.0 Å². The molecule has 0 atom stereocenters. The predicted molar refractivity (Wildman–Crippen MR) is 69.5 cm³/mol. The van der Waals surface area contributed by atoms with Crippen molar-refractivity contribution in [3.63, 3.8) is 0 Å². The lowest BCUT2D eigenvalue weighted by molar-refractivity contribution is -0.137. The van der Waals surface area contributed by atoms with Gasteiger partial charge in [-0.3, -0.25) is 4.79 Å². The lowest BCUT2D eigenvalue weighted by Gasteiger charge is -2.27. The van der Waals surface area contributed by atoms with Gasteiger partial charge in [0.2, 0.25) is 5.91 Å². The molecule has 3 nitrogen and oxygen atoms in total. The van der Waals surface area contributed by atoms with Crippen LogP contribution in [0.4, 0.5) is 0 Å². The maximum absolute atomic E-state index is 12.6. The van der Waals surface area contributed by atoms with E-state index in [1.165, 1.54) is 25.7 Å². The van der Waals surface area contributed by atoms with Crippen molar-refractivity contribution >= 4 is 5.91 Å². The standard InChI is InChI=1S/C14H26N2O/c1-2-9-16(10-3-8-15)14(17)13(11-4-5-11)12-6-7-12/h11-13H,2-10,15H2,1H3. The minimum absolute atomic E-state index is 0.360. The highest BCUT2D eigenvalue weighted by Crippen LogP contribution is 2.49. The van der Waals surface area contributed by atoms with Gasteiger partial charge in [-0.25, -0.2) is 0 Å². The van der Waals surface area contributed by atoms with Crippen LogP contribution in [-0.2, 0) is 4.79 Å². The third-order valence-corrected chi connectivity index (χ3v) is 3.98. The van der Waals surface area contributed by atoms with Gasteiger partial charge in [-0.1, -0.05) is 6.92 Å². The van der Waals surface area contributed by atoms with E-state index in [4.69, 9.17) is 5.73 Å². The van der Waals surface area contributed by atoms with E-state index in [1.807, 2.05) is 0 Å². The number of carbonyl (C=O) groups excluding carboxylic acids is 1. The van der Waals surface area contributed by atoms with Crippen LogP contribution in [0.25, 0.3) is 0 Å². The Bertz CT molecular complexity index is 247. The Morgan fingerprint density at radius 1 is 1.24 bits per heavy atom. The number of nitrogens with two attached hydrogens (primary N) is 1. The highest BCUT2D eigenvalue weighted by atomic mass is 16.2. The second-order valence-corrected chi connectivity index (χ2v) is 5.67. The predicted octanol–water partition coefficient (Wildman–Crippen LogP) is 2.01. The first-order valence-corrected chi connectivity index (χ1v) is 7.26. The van der Waals surface area contributed by atoms with Crippen molar-refractivity contribution in [1.29, 1.82) is 0 Å². The molecule has 0 bridgehead atoms. The molecule has 3 heteroatoms. The van der Waals surface area contributed by atoms with Crippen LogP contribution in [0.2, 0.25) is 0 Å². The normalized spacial score (nSPS) is 19.7. The molecule has 2 fully saturated rings. The summed E-state index contributed by atoms with van der Waals surface area (Å²) in [6.07, 6.45) is 7.12. The van der Waals surface area contributed by atoms with E-state index in [0.717, 1.165) is 25.9 Å². The van der Waals surface area contributed by atoms with E-state index in [9.17, 15) is 4.79 Å². The average molecular weight is 238 g/mol. The van der Waals surface area contributed by atoms with Gasteiger partial charge in [0.05, 0.1) is 0 Å². The van der Waals surface area contributed by atoms with Crippen molar-refractivity contribution < 1.29 is 4.79 Å². The molecule has 2 saturated carbocycles. The maximum atomic E-state index is 12.6. The monoisotopic (exact) mass is 238 g/mol. The first-order chi connectivity index (χ1) is 8.27. The number of amides is 1. The zero-order valence-corrected chi connectivity index (χ0v) is 11.0. The number of carbonyl (C=O) groups is 1.